The molecular formula is C26H19N3O7. The molecule has 5 rings (SSSR count). The average molecular weight is 485 g/mol. The van der Waals surface area contributed by atoms with Crippen molar-refractivity contribution in [2.24, 2.45) is 0 Å². The number of hydrogen-bond donors (Lipinski definition) is 4. The first kappa shape index (κ1) is 22.7. The summed E-state index contributed by atoms with van der Waals surface area (Å²) in [5.41, 5.74) is 1.28. The molecule has 0 radical (unpaired) electrons. The molecule has 10 nitrogen and oxygen atoms in total. The summed E-state index contributed by atoms with van der Waals surface area (Å²) >= 11 is 0. The third-order valence-corrected chi connectivity index (χ3v) is 5.94. The van der Waals surface area contributed by atoms with Crippen molar-refractivity contribution in [2.75, 3.05) is 12.0 Å². The number of phenols is 1. The van der Waals surface area contributed by atoms with E-state index in [1.54, 1.807) is 18.2 Å². The Hall–Kier alpha value is -5.12. The number of carbonyl (C=O) groups excluding carboxylic acids is 2. The SMILES string of the molecule is COc1cccc(/C(O)=C2\C(=O)C(=O)N(c3nc4ccc(C(=O)O)cc4[nH]3)C2c2ccc(O)cc2)c1. The Balaban J connectivity index is 1.71. The molecule has 0 saturated carbocycles. The number of nitrogens with one attached hydrogen (secondary N) is 1. The van der Waals surface area contributed by atoms with Crippen LogP contribution in [0.4, 0.5) is 5.95 Å². The predicted molar refractivity (Wildman–Crippen MR) is 129 cm³/mol. The number of carboxylic acid groups (broad SMARTS) is 1. The van der Waals surface area contributed by atoms with Gasteiger partial charge in [0.05, 0.1) is 35.3 Å². The maximum atomic E-state index is 13.3. The topological polar surface area (TPSA) is 153 Å². The number of carbonyl (C=O) groups is 3. The monoisotopic (exact) mass is 485 g/mol. The van der Waals surface area contributed by atoms with Crippen molar-refractivity contribution >= 4 is 40.4 Å². The number of hydrogen-bond acceptors (Lipinski definition) is 7. The van der Waals surface area contributed by atoms with Crippen molar-refractivity contribution in [3.05, 3.63) is 89.0 Å². The van der Waals surface area contributed by atoms with E-state index in [1.807, 2.05) is 0 Å². The molecule has 1 aliphatic rings. The molecule has 0 bridgehead atoms. The quantitative estimate of drug-likeness (QED) is 0.190. The van der Waals surface area contributed by atoms with E-state index in [0.29, 0.717) is 22.3 Å². The molecule has 1 aliphatic heterocycles. The zero-order valence-corrected chi connectivity index (χ0v) is 18.8. The summed E-state index contributed by atoms with van der Waals surface area (Å²) in [7, 11) is 1.46. The number of aliphatic hydroxyl groups excluding tert-OH is 1. The lowest BCUT2D eigenvalue weighted by molar-refractivity contribution is -0.132. The Morgan fingerprint density at radius 1 is 1.00 bits per heavy atom. The summed E-state index contributed by atoms with van der Waals surface area (Å²) < 4.78 is 5.21. The van der Waals surface area contributed by atoms with Crippen molar-refractivity contribution in [2.45, 2.75) is 6.04 Å². The highest BCUT2D eigenvalue weighted by Crippen LogP contribution is 2.42. The molecule has 1 saturated heterocycles. The van der Waals surface area contributed by atoms with E-state index in [9.17, 15) is 29.7 Å². The molecule has 2 heterocycles. The van der Waals surface area contributed by atoms with Gasteiger partial charge in [-0.05, 0) is 48.0 Å². The number of methoxy groups -OCH3 is 1. The Morgan fingerprint density at radius 3 is 2.44 bits per heavy atom. The van der Waals surface area contributed by atoms with Gasteiger partial charge in [0.2, 0.25) is 5.95 Å². The van der Waals surface area contributed by atoms with Gasteiger partial charge < -0.3 is 25.0 Å². The number of aromatic hydroxyl groups is 1. The number of imidazole rings is 1. The summed E-state index contributed by atoms with van der Waals surface area (Å²) in [5, 5.41) is 30.3. The maximum Gasteiger partial charge on any atom is 0.335 e. The zero-order valence-electron chi connectivity index (χ0n) is 18.8. The minimum absolute atomic E-state index is 0.00240. The first-order valence-electron chi connectivity index (χ1n) is 10.8. The van der Waals surface area contributed by atoms with Crippen LogP contribution in [0.3, 0.4) is 0 Å². The van der Waals surface area contributed by atoms with Crippen molar-refractivity contribution in [1.29, 1.82) is 0 Å². The normalized spacial score (nSPS) is 17.0. The van der Waals surface area contributed by atoms with Gasteiger partial charge in [0, 0.05) is 5.56 Å². The third kappa shape index (κ3) is 3.70. The largest absolute Gasteiger partial charge is 0.508 e. The molecule has 1 fully saturated rings. The number of rotatable bonds is 5. The fourth-order valence-electron chi connectivity index (χ4n) is 4.19. The fraction of sp³-hybridized carbons (Fsp3) is 0.0769. The number of anilines is 1. The highest BCUT2D eigenvalue weighted by Gasteiger charge is 2.48. The van der Waals surface area contributed by atoms with Crippen LogP contribution in [0.1, 0.15) is 27.5 Å². The van der Waals surface area contributed by atoms with Gasteiger partial charge in [0.25, 0.3) is 5.78 Å². The van der Waals surface area contributed by atoms with Crippen LogP contribution < -0.4 is 9.64 Å². The van der Waals surface area contributed by atoms with Crippen LogP contribution >= 0.6 is 0 Å². The van der Waals surface area contributed by atoms with Gasteiger partial charge in [-0.1, -0.05) is 24.3 Å². The maximum absolute atomic E-state index is 13.3. The Kier molecular flexibility index (Phi) is 5.40. The molecule has 3 aromatic carbocycles. The lowest BCUT2D eigenvalue weighted by Gasteiger charge is -2.23. The summed E-state index contributed by atoms with van der Waals surface area (Å²) in [6.07, 6.45) is 0. The average Bonchev–Trinajstić information content (AvgIpc) is 3.41. The molecule has 1 aromatic heterocycles. The highest BCUT2D eigenvalue weighted by atomic mass is 16.5. The number of aromatic amines is 1. The van der Waals surface area contributed by atoms with Crippen LogP contribution in [0.2, 0.25) is 0 Å². The lowest BCUT2D eigenvalue weighted by atomic mass is 9.95. The smallest absolute Gasteiger partial charge is 0.335 e. The van der Waals surface area contributed by atoms with Gasteiger partial charge in [-0.25, -0.2) is 9.78 Å². The van der Waals surface area contributed by atoms with E-state index in [1.165, 1.54) is 55.6 Å². The van der Waals surface area contributed by atoms with Gasteiger partial charge >= 0.3 is 11.9 Å². The number of ketones is 1. The van der Waals surface area contributed by atoms with Crippen LogP contribution in [0, 0.1) is 0 Å². The molecule has 180 valence electrons. The number of amides is 1. The number of aromatic carboxylic acids is 1. The standard InChI is InChI=1S/C26H19N3O7/c1-36-17-4-2-3-14(11-17)22(31)20-21(13-5-8-16(30)9-6-13)29(24(33)23(20)32)26-27-18-10-7-15(25(34)35)12-19(18)28-26/h2-12,21,30-31H,1H3,(H,27,28)(H,34,35)/b22-20+. The number of benzene rings is 3. The molecule has 0 spiro atoms. The van der Waals surface area contributed by atoms with E-state index in [4.69, 9.17) is 4.74 Å². The van der Waals surface area contributed by atoms with Gasteiger partial charge in [-0.2, -0.15) is 0 Å². The minimum Gasteiger partial charge on any atom is -0.508 e. The fourth-order valence-corrected chi connectivity index (χ4v) is 4.19. The van der Waals surface area contributed by atoms with E-state index in [-0.39, 0.29) is 28.4 Å². The first-order chi connectivity index (χ1) is 17.3. The van der Waals surface area contributed by atoms with Crippen molar-refractivity contribution in [1.82, 2.24) is 9.97 Å². The number of carboxylic acids is 1. The summed E-state index contributed by atoms with van der Waals surface area (Å²) in [4.78, 5) is 46.3. The van der Waals surface area contributed by atoms with Crippen molar-refractivity contribution in [3.8, 4) is 11.5 Å². The van der Waals surface area contributed by atoms with Crippen LogP contribution in [0.15, 0.2) is 72.3 Å². The lowest BCUT2D eigenvalue weighted by Crippen LogP contribution is -2.30. The van der Waals surface area contributed by atoms with E-state index in [0.717, 1.165) is 4.90 Å². The molecule has 1 atom stereocenters. The third-order valence-electron chi connectivity index (χ3n) is 5.94. The summed E-state index contributed by atoms with van der Waals surface area (Å²) in [5.74, 6) is -2.98. The van der Waals surface area contributed by atoms with Gasteiger partial charge in [0.1, 0.15) is 17.3 Å². The number of aliphatic hydroxyl groups is 1. The molecule has 1 amide bonds. The summed E-state index contributed by atoms with van der Waals surface area (Å²) in [6.45, 7) is 0. The molecule has 36 heavy (non-hydrogen) atoms. The van der Waals surface area contributed by atoms with E-state index >= 15 is 0 Å². The molecule has 1 unspecified atom stereocenters. The second kappa shape index (κ2) is 8.58. The molecule has 4 N–H and O–H groups in total. The molecule has 4 aromatic rings. The van der Waals surface area contributed by atoms with E-state index in [2.05, 4.69) is 9.97 Å². The van der Waals surface area contributed by atoms with Gasteiger partial charge in [0.15, 0.2) is 0 Å². The number of phenolic OH excluding ortho intramolecular Hbond substituents is 1. The molecular weight excluding hydrogens is 466 g/mol. The Labute approximate surface area is 203 Å². The second-order valence-electron chi connectivity index (χ2n) is 8.09. The zero-order chi connectivity index (χ0) is 25.6. The van der Waals surface area contributed by atoms with Crippen molar-refractivity contribution < 1.29 is 34.4 Å². The number of nitrogens with zero attached hydrogens (tertiary/aromatic N) is 2. The van der Waals surface area contributed by atoms with Crippen LogP contribution in [-0.2, 0) is 9.59 Å². The summed E-state index contributed by atoms with van der Waals surface area (Å²) in [6, 6.07) is 15.4. The van der Waals surface area contributed by atoms with E-state index < -0.39 is 29.5 Å². The second-order valence-corrected chi connectivity index (χ2v) is 8.09. The Bertz CT molecular complexity index is 1570. The minimum atomic E-state index is -1.13. The number of H-pyrrole nitrogens is 1. The number of ether oxygens (including phenoxy) is 1. The van der Waals surface area contributed by atoms with Gasteiger partial charge in [-0.3, -0.25) is 14.5 Å². The molecule has 0 aliphatic carbocycles. The highest BCUT2D eigenvalue weighted by molar-refractivity contribution is 6.51. The number of fused-ring (bicyclic) bond motifs is 1. The van der Waals surface area contributed by atoms with Crippen LogP contribution in [0.25, 0.3) is 16.8 Å². The van der Waals surface area contributed by atoms with Crippen LogP contribution in [-0.4, -0.2) is 50.1 Å². The Morgan fingerprint density at radius 2 is 1.75 bits per heavy atom. The first-order valence-corrected chi connectivity index (χ1v) is 10.8. The van der Waals surface area contributed by atoms with Gasteiger partial charge in [-0.15, -0.1) is 0 Å². The van der Waals surface area contributed by atoms with Crippen molar-refractivity contribution in [3.63, 3.8) is 0 Å². The number of aromatic nitrogens is 2. The predicted octanol–water partition coefficient (Wildman–Crippen LogP) is 3.60. The molecule has 10 heteroatoms. The number of Topliss-reactive ketones (excluding diaryl/α,β-unsaturated/α-hetero) is 1. The van der Waals surface area contributed by atoms with Crippen LogP contribution in [0.5, 0.6) is 11.5 Å².